The number of benzene rings is 1. The lowest BCUT2D eigenvalue weighted by atomic mass is 9.90. The Labute approximate surface area is 128 Å². The van der Waals surface area contributed by atoms with Crippen molar-refractivity contribution in [2.24, 2.45) is 10.6 Å². The number of ether oxygens (including phenoxy) is 1. The van der Waals surface area contributed by atoms with Gasteiger partial charge in [0.1, 0.15) is 5.75 Å². The fourth-order valence-electron chi connectivity index (χ4n) is 2.84. The minimum Gasteiger partial charge on any atom is -0.492 e. The Morgan fingerprint density at radius 1 is 1.35 bits per heavy atom. The molecular formula is C14H20BrNO3S. The van der Waals surface area contributed by atoms with Crippen molar-refractivity contribution in [2.75, 3.05) is 12.4 Å². The second kappa shape index (κ2) is 6.03. The molecule has 2 N–H and O–H groups in total. The zero-order valence-electron chi connectivity index (χ0n) is 11.6. The molecule has 1 aromatic rings. The van der Waals surface area contributed by atoms with Gasteiger partial charge in [0.2, 0.25) is 10.0 Å². The molecule has 0 heterocycles. The summed E-state index contributed by atoms with van der Waals surface area (Å²) in [4.78, 5) is 0. The third-order valence-electron chi connectivity index (χ3n) is 3.79. The largest absolute Gasteiger partial charge is 0.492 e. The van der Waals surface area contributed by atoms with E-state index in [0.29, 0.717) is 6.61 Å². The highest BCUT2D eigenvalue weighted by molar-refractivity contribution is 9.10. The average molecular weight is 362 g/mol. The highest BCUT2D eigenvalue weighted by atomic mass is 79.9. The second-order valence-electron chi connectivity index (χ2n) is 5.74. The monoisotopic (exact) mass is 361 g/mol. The lowest BCUT2D eigenvalue weighted by Crippen LogP contribution is -2.36. The van der Waals surface area contributed by atoms with Crippen molar-refractivity contribution in [3.8, 4) is 5.75 Å². The molecule has 1 aliphatic carbocycles. The van der Waals surface area contributed by atoms with Crippen molar-refractivity contribution in [1.82, 2.24) is 0 Å². The van der Waals surface area contributed by atoms with E-state index >= 15 is 0 Å². The lowest BCUT2D eigenvalue weighted by Gasteiger charge is -2.28. The molecule has 0 atom stereocenters. The van der Waals surface area contributed by atoms with Gasteiger partial charge in [-0.2, -0.15) is 0 Å². The summed E-state index contributed by atoms with van der Waals surface area (Å²) in [5, 5.41) is 5.23. The SMILES string of the molecule is Cc1ccc(OCC2(CS(N)(=O)=O)CCCC2)c(Br)c1. The third-order valence-corrected chi connectivity index (χ3v) is 5.43. The lowest BCUT2D eigenvalue weighted by molar-refractivity contribution is 0.169. The van der Waals surface area contributed by atoms with Crippen molar-refractivity contribution in [3.63, 3.8) is 0 Å². The first-order chi connectivity index (χ1) is 9.30. The molecule has 6 heteroatoms. The minimum atomic E-state index is -3.48. The molecule has 4 nitrogen and oxygen atoms in total. The summed E-state index contributed by atoms with van der Waals surface area (Å²) in [5.74, 6) is 0.750. The highest BCUT2D eigenvalue weighted by Crippen LogP contribution is 2.40. The van der Waals surface area contributed by atoms with E-state index in [1.54, 1.807) is 0 Å². The Morgan fingerprint density at radius 3 is 2.55 bits per heavy atom. The number of hydrogen-bond donors (Lipinski definition) is 1. The molecule has 20 heavy (non-hydrogen) atoms. The molecule has 0 bridgehead atoms. The first-order valence-electron chi connectivity index (χ1n) is 6.69. The van der Waals surface area contributed by atoms with Crippen LogP contribution in [0.3, 0.4) is 0 Å². The minimum absolute atomic E-state index is 0.00345. The Bertz CT molecular complexity index is 580. The number of halogens is 1. The van der Waals surface area contributed by atoms with E-state index in [4.69, 9.17) is 9.88 Å². The maximum atomic E-state index is 11.4. The van der Waals surface area contributed by atoms with Crippen LogP contribution in [0.1, 0.15) is 31.2 Å². The number of hydrogen-bond acceptors (Lipinski definition) is 3. The van der Waals surface area contributed by atoms with Crippen LogP contribution in [-0.4, -0.2) is 20.8 Å². The standard InChI is InChI=1S/C14H20BrNO3S/c1-11-4-5-13(12(15)8-11)19-9-14(6-2-3-7-14)10-20(16,17)18/h4-5,8H,2-3,6-7,9-10H2,1H3,(H2,16,17,18). The van der Waals surface area contributed by atoms with Gasteiger partial charge in [0.25, 0.3) is 0 Å². The maximum absolute atomic E-state index is 11.4. The van der Waals surface area contributed by atoms with Gasteiger partial charge in [0.05, 0.1) is 16.8 Å². The highest BCUT2D eigenvalue weighted by Gasteiger charge is 2.38. The number of sulfonamides is 1. The van der Waals surface area contributed by atoms with Gasteiger partial charge >= 0.3 is 0 Å². The van der Waals surface area contributed by atoms with Crippen molar-refractivity contribution >= 4 is 26.0 Å². The van der Waals surface area contributed by atoms with Gasteiger partial charge in [-0.05, 0) is 53.4 Å². The fourth-order valence-corrected chi connectivity index (χ4v) is 4.67. The molecule has 112 valence electrons. The van der Waals surface area contributed by atoms with E-state index in [9.17, 15) is 8.42 Å². The van der Waals surface area contributed by atoms with Gasteiger partial charge in [-0.15, -0.1) is 0 Å². The van der Waals surface area contributed by atoms with E-state index in [0.717, 1.165) is 41.5 Å². The second-order valence-corrected chi connectivity index (χ2v) is 8.21. The van der Waals surface area contributed by atoms with Gasteiger partial charge < -0.3 is 4.74 Å². The molecule has 0 unspecified atom stereocenters. The van der Waals surface area contributed by atoms with Crippen LogP contribution in [0.2, 0.25) is 0 Å². The Hall–Kier alpha value is -0.590. The molecule has 0 amide bonds. The first kappa shape index (κ1) is 15.8. The molecule has 2 rings (SSSR count). The van der Waals surface area contributed by atoms with Gasteiger partial charge in [0.15, 0.2) is 0 Å². The van der Waals surface area contributed by atoms with Crippen LogP contribution < -0.4 is 9.88 Å². The zero-order valence-corrected chi connectivity index (χ0v) is 14.0. The summed E-state index contributed by atoms with van der Waals surface area (Å²) < 4.78 is 29.6. The third kappa shape index (κ3) is 4.20. The van der Waals surface area contributed by atoms with Crippen LogP contribution in [0, 0.1) is 12.3 Å². The summed E-state index contributed by atoms with van der Waals surface area (Å²) in [6.07, 6.45) is 3.78. The fraction of sp³-hybridized carbons (Fsp3) is 0.571. The van der Waals surface area contributed by atoms with Crippen LogP contribution in [0.4, 0.5) is 0 Å². The van der Waals surface area contributed by atoms with Gasteiger partial charge in [-0.25, -0.2) is 13.6 Å². The predicted molar refractivity (Wildman–Crippen MR) is 83.2 cm³/mol. The molecule has 0 radical (unpaired) electrons. The van der Waals surface area contributed by atoms with Gasteiger partial charge in [-0.1, -0.05) is 18.9 Å². The number of primary sulfonamides is 1. The quantitative estimate of drug-likeness (QED) is 0.876. The van der Waals surface area contributed by atoms with Crippen molar-refractivity contribution in [3.05, 3.63) is 28.2 Å². The predicted octanol–water partition coefficient (Wildman–Crippen LogP) is 2.99. The maximum Gasteiger partial charge on any atom is 0.209 e. The van der Waals surface area contributed by atoms with Gasteiger partial charge in [-0.3, -0.25) is 0 Å². The molecule has 1 aromatic carbocycles. The van der Waals surface area contributed by atoms with Crippen molar-refractivity contribution in [1.29, 1.82) is 0 Å². The van der Waals surface area contributed by atoms with Crippen LogP contribution >= 0.6 is 15.9 Å². The normalized spacial score (nSPS) is 18.1. The van der Waals surface area contributed by atoms with E-state index in [2.05, 4.69) is 15.9 Å². The molecule has 1 saturated carbocycles. The van der Waals surface area contributed by atoms with Crippen LogP contribution in [0.15, 0.2) is 22.7 Å². The number of rotatable bonds is 5. The van der Waals surface area contributed by atoms with E-state index in [-0.39, 0.29) is 11.2 Å². The first-order valence-corrected chi connectivity index (χ1v) is 9.20. The van der Waals surface area contributed by atoms with E-state index < -0.39 is 10.0 Å². The molecular weight excluding hydrogens is 342 g/mol. The smallest absolute Gasteiger partial charge is 0.209 e. The van der Waals surface area contributed by atoms with Gasteiger partial charge in [0, 0.05) is 5.41 Å². The molecule has 1 aliphatic rings. The average Bonchev–Trinajstić information content (AvgIpc) is 2.74. The molecule has 1 fully saturated rings. The molecule has 0 aliphatic heterocycles. The summed E-state index contributed by atoms with van der Waals surface area (Å²) in [7, 11) is -3.48. The summed E-state index contributed by atoms with van der Waals surface area (Å²) >= 11 is 3.47. The Kier molecular flexibility index (Phi) is 4.76. The van der Waals surface area contributed by atoms with Crippen molar-refractivity contribution in [2.45, 2.75) is 32.6 Å². The Morgan fingerprint density at radius 2 is 2.00 bits per heavy atom. The summed E-state index contributed by atoms with van der Waals surface area (Å²) in [5.41, 5.74) is 0.808. The van der Waals surface area contributed by atoms with Crippen LogP contribution in [0.5, 0.6) is 5.75 Å². The molecule has 0 aromatic heterocycles. The summed E-state index contributed by atoms with van der Waals surface area (Å²) in [6, 6.07) is 5.86. The summed E-state index contributed by atoms with van der Waals surface area (Å²) in [6.45, 7) is 2.40. The number of nitrogens with two attached hydrogens (primary N) is 1. The topological polar surface area (TPSA) is 69.4 Å². The van der Waals surface area contributed by atoms with Crippen LogP contribution in [0.25, 0.3) is 0 Å². The van der Waals surface area contributed by atoms with E-state index in [1.165, 1.54) is 0 Å². The number of aryl methyl sites for hydroxylation is 1. The van der Waals surface area contributed by atoms with Crippen LogP contribution in [-0.2, 0) is 10.0 Å². The zero-order chi connectivity index (χ0) is 14.8. The molecule has 0 spiro atoms. The Balaban J connectivity index is 2.09. The van der Waals surface area contributed by atoms with E-state index in [1.807, 2.05) is 25.1 Å². The van der Waals surface area contributed by atoms with Crippen molar-refractivity contribution < 1.29 is 13.2 Å². The molecule has 0 saturated heterocycles.